The number of ether oxygens (including phenoxy) is 1. The highest BCUT2D eigenvalue weighted by atomic mass is 16.6. The molecule has 6 heteroatoms. The zero-order chi connectivity index (χ0) is 21.6. The van der Waals surface area contributed by atoms with Crippen molar-refractivity contribution in [1.29, 1.82) is 0 Å². The molecule has 31 heavy (non-hydrogen) atoms. The van der Waals surface area contributed by atoms with Crippen LogP contribution in [0.5, 0.6) is 0 Å². The quantitative estimate of drug-likeness (QED) is 0.504. The van der Waals surface area contributed by atoms with Crippen LogP contribution in [0.15, 0.2) is 78.9 Å². The molecular weight excluding hydrogens is 390 g/mol. The van der Waals surface area contributed by atoms with Crippen LogP contribution in [0, 0.1) is 0 Å². The predicted octanol–water partition coefficient (Wildman–Crippen LogP) is 3.96. The number of nitrogens with two attached hydrogens (primary N) is 1. The molecule has 0 aliphatic carbocycles. The average Bonchev–Trinajstić information content (AvgIpc) is 2.83. The first-order valence-corrected chi connectivity index (χ1v) is 10.3. The SMILES string of the molecule is Nc1c(C(=O)c2ccccc2)cccc1N1CCN(C(=O)OCc2ccccc2)CC1. The van der Waals surface area contributed by atoms with Crippen LogP contribution >= 0.6 is 0 Å². The lowest BCUT2D eigenvalue weighted by Gasteiger charge is -2.36. The van der Waals surface area contributed by atoms with Gasteiger partial charge in [-0.2, -0.15) is 0 Å². The molecule has 2 N–H and O–H groups in total. The molecule has 0 bridgehead atoms. The second kappa shape index (κ2) is 9.34. The molecule has 0 atom stereocenters. The van der Waals surface area contributed by atoms with Crippen LogP contribution in [0.4, 0.5) is 16.2 Å². The summed E-state index contributed by atoms with van der Waals surface area (Å²) in [6.45, 7) is 2.56. The van der Waals surface area contributed by atoms with Gasteiger partial charge >= 0.3 is 6.09 Å². The number of nitrogens with zero attached hydrogens (tertiary/aromatic N) is 2. The molecule has 0 radical (unpaired) electrons. The predicted molar refractivity (Wildman–Crippen MR) is 121 cm³/mol. The molecule has 3 aromatic carbocycles. The van der Waals surface area contributed by atoms with Gasteiger partial charge < -0.3 is 20.3 Å². The number of anilines is 2. The second-order valence-electron chi connectivity index (χ2n) is 7.45. The smallest absolute Gasteiger partial charge is 0.410 e. The second-order valence-corrected chi connectivity index (χ2v) is 7.45. The number of para-hydroxylation sites is 1. The fourth-order valence-electron chi connectivity index (χ4n) is 3.71. The van der Waals surface area contributed by atoms with Gasteiger partial charge in [0.1, 0.15) is 6.61 Å². The number of ketones is 1. The van der Waals surface area contributed by atoms with E-state index in [1.165, 1.54) is 0 Å². The summed E-state index contributed by atoms with van der Waals surface area (Å²) < 4.78 is 5.43. The molecule has 1 heterocycles. The Morgan fingerprint density at radius 1 is 0.806 bits per heavy atom. The molecule has 0 unspecified atom stereocenters. The number of benzene rings is 3. The molecule has 158 valence electrons. The van der Waals surface area contributed by atoms with Crippen LogP contribution in [-0.4, -0.2) is 43.0 Å². The van der Waals surface area contributed by atoms with Crippen LogP contribution < -0.4 is 10.6 Å². The van der Waals surface area contributed by atoms with E-state index in [1.54, 1.807) is 23.1 Å². The summed E-state index contributed by atoms with van der Waals surface area (Å²) in [4.78, 5) is 29.1. The summed E-state index contributed by atoms with van der Waals surface area (Å²) in [5.74, 6) is -0.0944. The fourth-order valence-corrected chi connectivity index (χ4v) is 3.71. The van der Waals surface area contributed by atoms with Gasteiger partial charge in [-0.1, -0.05) is 66.7 Å². The third-order valence-electron chi connectivity index (χ3n) is 5.45. The number of hydrogen-bond donors (Lipinski definition) is 1. The molecular formula is C25H25N3O3. The first-order valence-electron chi connectivity index (χ1n) is 10.3. The van der Waals surface area contributed by atoms with Gasteiger partial charge in [-0.3, -0.25) is 4.79 Å². The Bertz CT molecular complexity index is 1050. The summed E-state index contributed by atoms with van der Waals surface area (Å²) in [6, 6.07) is 24.3. The van der Waals surface area contributed by atoms with Crippen LogP contribution in [0.3, 0.4) is 0 Å². The highest BCUT2D eigenvalue weighted by molar-refractivity contribution is 6.13. The minimum atomic E-state index is -0.315. The topological polar surface area (TPSA) is 75.9 Å². The number of carbonyl (C=O) groups is 2. The van der Waals surface area contributed by atoms with Crippen LogP contribution in [0.2, 0.25) is 0 Å². The maximum absolute atomic E-state index is 12.9. The van der Waals surface area contributed by atoms with Crippen molar-refractivity contribution in [3.8, 4) is 0 Å². The lowest BCUT2D eigenvalue weighted by Crippen LogP contribution is -2.49. The van der Waals surface area contributed by atoms with Crippen molar-refractivity contribution >= 4 is 23.3 Å². The number of rotatable bonds is 5. The molecule has 1 amide bonds. The molecule has 3 aromatic rings. The van der Waals surface area contributed by atoms with Gasteiger partial charge in [-0.25, -0.2) is 4.79 Å². The van der Waals surface area contributed by atoms with Crippen molar-refractivity contribution < 1.29 is 14.3 Å². The Labute approximate surface area is 181 Å². The van der Waals surface area contributed by atoms with Crippen LogP contribution in [0.1, 0.15) is 21.5 Å². The van der Waals surface area contributed by atoms with Crippen molar-refractivity contribution in [2.45, 2.75) is 6.61 Å². The van der Waals surface area contributed by atoms with Gasteiger partial charge in [0, 0.05) is 37.3 Å². The van der Waals surface area contributed by atoms with Gasteiger partial charge in [-0.15, -0.1) is 0 Å². The van der Waals surface area contributed by atoms with Gasteiger partial charge in [0.15, 0.2) is 5.78 Å². The van der Waals surface area contributed by atoms with E-state index in [4.69, 9.17) is 10.5 Å². The number of piperazine rings is 1. The van der Waals surface area contributed by atoms with E-state index in [1.807, 2.05) is 60.7 Å². The lowest BCUT2D eigenvalue weighted by molar-refractivity contribution is 0.0942. The summed E-state index contributed by atoms with van der Waals surface area (Å²) >= 11 is 0. The average molecular weight is 415 g/mol. The minimum Gasteiger partial charge on any atom is -0.445 e. The minimum absolute atomic E-state index is 0.0944. The summed E-state index contributed by atoms with van der Waals surface area (Å²) in [7, 11) is 0. The number of nitrogen functional groups attached to an aromatic ring is 1. The monoisotopic (exact) mass is 415 g/mol. The van der Waals surface area contributed by atoms with Crippen molar-refractivity contribution in [3.05, 3.63) is 95.6 Å². The van der Waals surface area contributed by atoms with Gasteiger partial charge in [0.2, 0.25) is 0 Å². The molecule has 1 saturated heterocycles. The fraction of sp³-hybridized carbons (Fsp3) is 0.200. The third kappa shape index (κ3) is 4.69. The van der Waals surface area contributed by atoms with E-state index < -0.39 is 0 Å². The summed E-state index contributed by atoms with van der Waals surface area (Å²) in [6.07, 6.45) is -0.315. The van der Waals surface area contributed by atoms with E-state index >= 15 is 0 Å². The number of hydrogen-bond acceptors (Lipinski definition) is 5. The Morgan fingerprint density at radius 2 is 1.45 bits per heavy atom. The maximum atomic E-state index is 12.9. The third-order valence-corrected chi connectivity index (χ3v) is 5.45. The van der Waals surface area contributed by atoms with Crippen molar-refractivity contribution in [1.82, 2.24) is 4.90 Å². The van der Waals surface area contributed by atoms with E-state index in [2.05, 4.69) is 4.90 Å². The van der Waals surface area contributed by atoms with E-state index in [0.717, 1.165) is 11.3 Å². The molecule has 0 aromatic heterocycles. The van der Waals surface area contributed by atoms with Gasteiger partial charge in [0.05, 0.1) is 11.4 Å². The van der Waals surface area contributed by atoms with E-state index in [-0.39, 0.29) is 18.5 Å². The standard InChI is InChI=1S/C25H25N3O3/c26-23-21(24(29)20-10-5-2-6-11-20)12-7-13-22(23)27-14-16-28(17-15-27)25(30)31-18-19-8-3-1-4-9-19/h1-13H,14-18,26H2. The largest absolute Gasteiger partial charge is 0.445 e. The molecule has 6 nitrogen and oxygen atoms in total. The van der Waals surface area contributed by atoms with E-state index in [9.17, 15) is 9.59 Å². The zero-order valence-electron chi connectivity index (χ0n) is 17.2. The molecule has 0 saturated carbocycles. The van der Waals surface area contributed by atoms with Gasteiger partial charge in [0.25, 0.3) is 0 Å². The molecule has 1 fully saturated rings. The first-order chi connectivity index (χ1) is 15.1. The molecule has 0 spiro atoms. The number of carbonyl (C=O) groups excluding carboxylic acids is 2. The van der Waals surface area contributed by atoms with Crippen molar-refractivity contribution in [3.63, 3.8) is 0 Å². The summed E-state index contributed by atoms with van der Waals surface area (Å²) in [5.41, 5.74) is 9.74. The van der Waals surface area contributed by atoms with Crippen LogP contribution in [0.25, 0.3) is 0 Å². The van der Waals surface area contributed by atoms with Crippen molar-refractivity contribution in [2.24, 2.45) is 0 Å². The highest BCUT2D eigenvalue weighted by Crippen LogP contribution is 2.29. The Kier molecular flexibility index (Phi) is 6.17. The zero-order valence-corrected chi connectivity index (χ0v) is 17.2. The van der Waals surface area contributed by atoms with E-state index in [0.29, 0.717) is 43.0 Å². The Balaban J connectivity index is 1.38. The normalized spacial score (nSPS) is 13.7. The Hall–Kier alpha value is -3.80. The number of amides is 1. The molecule has 1 aliphatic heterocycles. The highest BCUT2D eigenvalue weighted by Gasteiger charge is 2.25. The Morgan fingerprint density at radius 3 is 2.13 bits per heavy atom. The van der Waals surface area contributed by atoms with Gasteiger partial charge in [-0.05, 0) is 17.7 Å². The summed E-state index contributed by atoms with van der Waals surface area (Å²) in [5, 5.41) is 0. The maximum Gasteiger partial charge on any atom is 0.410 e. The lowest BCUT2D eigenvalue weighted by atomic mass is 10.0. The van der Waals surface area contributed by atoms with Crippen molar-refractivity contribution in [2.75, 3.05) is 36.8 Å². The van der Waals surface area contributed by atoms with Crippen LogP contribution in [-0.2, 0) is 11.3 Å². The first kappa shape index (κ1) is 20.5. The molecule has 1 aliphatic rings. The molecule has 4 rings (SSSR count).